The first kappa shape index (κ1) is 20.0. The van der Waals surface area contributed by atoms with E-state index in [-0.39, 0.29) is 36.2 Å². The molecule has 0 saturated heterocycles. The minimum atomic E-state index is -0.189. The van der Waals surface area contributed by atoms with E-state index in [2.05, 4.69) is 10.6 Å². The Hall–Kier alpha value is -1.30. The molecule has 2 aliphatic rings. The van der Waals surface area contributed by atoms with Crippen molar-refractivity contribution in [2.75, 3.05) is 10.6 Å². The van der Waals surface area contributed by atoms with Crippen molar-refractivity contribution in [3.8, 4) is 0 Å². The molecule has 0 aromatic heterocycles. The SMILES string of the molecule is CC(=O)Nc1ccc(Cl)cc1NC(=O)C1CC2CCCC(C1)C2N.Cl. The molecule has 2 saturated carbocycles. The summed E-state index contributed by atoms with van der Waals surface area (Å²) in [4.78, 5) is 24.1. The smallest absolute Gasteiger partial charge is 0.227 e. The van der Waals surface area contributed by atoms with Crippen molar-refractivity contribution < 1.29 is 9.59 Å². The Morgan fingerprint density at radius 1 is 1.12 bits per heavy atom. The Morgan fingerprint density at radius 3 is 2.36 bits per heavy atom. The number of benzene rings is 1. The lowest BCUT2D eigenvalue weighted by atomic mass is 9.65. The average Bonchev–Trinajstić information content (AvgIpc) is 2.49. The molecule has 25 heavy (non-hydrogen) atoms. The molecule has 1 aromatic rings. The highest BCUT2D eigenvalue weighted by Gasteiger charge is 2.40. The van der Waals surface area contributed by atoms with Gasteiger partial charge in [-0.2, -0.15) is 0 Å². The molecule has 2 bridgehead atoms. The van der Waals surface area contributed by atoms with E-state index in [0.29, 0.717) is 28.2 Å². The van der Waals surface area contributed by atoms with E-state index in [1.165, 1.54) is 13.3 Å². The zero-order chi connectivity index (χ0) is 17.3. The number of halogens is 2. The van der Waals surface area contributed by atoms with Crippen LogP contribution in [0.5, 0.6) is 0 Å². The summed E-state index contributed by atoms with van der Waals surface area (Å²) in [5.41, 5.74) is 7.41. The van der Waals surface area contributed by atoms with Crippen LogP contribution in [0.3, 0.4) is 0 Å². The minimum Gasteiger partial charge on any atom is -0.327 e. The monoisotopic (exact) mass is 385 g/mol. The Bertz CT molecular complexity index is 639. The number of nitrogens with one attached hydrogen (secondary N) is 2. The number of fused-ring (bicyclic) bond motifs is 2. The van der Waals surface area contributed by atoms with Crippen LogP contribution in [0.1, 0.15) is 39.0 Å². The number of hydrogen-bond donors (Lipinski definition) is 3. The van der Waals surface area contributed by atoms with Crippen LogP contribution in [0.15, 0.2) is 18.2 Å². The quantitative estimate of drug-likeness (QED) is 0.739. The molecule has 0 radical (unpaired) electrons. The largest absolute Gasteiger partial charge is 0.327 e. The van der Waals surface area contributed by atoms with Gasteiger partial charge in [0.15, 0.2) is 0 Å². The number of carbonyl (C=O) groups excluding carboxylic acids is 2. The fourth-order valence-corrected chi connectivity index (χ4v) is 4.33. The first-order chi connectivity index (χ1) is 11.4. The number of rotatable bonds is 3. The maximum Gasteiger partial charge on any atom is 0.227 e. The first-order valence-electron chi connectivity index (χ1n) is 8.57. The molecule has 1 aromatic carbocycles. The molecule has 2 atom stereocenters. The maximum atomic E-state index is 12.7. The Kier molecular flexibility index (Phi) is 6.72. The van der Waals surface area contributed by atoms with Crippen molar-refractivity contribution in [3.05, 3.63) is 23.2 Å². The topological polar surface area (TPSA) is 84.2 Å². The van der Waals surface area contributed by atoms with Gasteiger partial charge in [0.05, 0.1) is 11.4 Å². The molecule has 2 amide bonds. The Balaban J connectivity index is 0.00000225. The molecule has 0 aliphatic heterocycles. The van der Waals surface area contributed by atoms with Gasteiger partial charge in [-0.15, -0.1) is 12.4 Å². The average molecular weight is 386 g/mol. The van der Waals surface area contributed by atoms with E-state index >= 15 is 0 Å². The van der Waals surface area contributed by atoms with E-state index in [1.807, 2.05) is 0 Å². The highest BCUT2D eigenvalue weighted by Crippen LogP contribution is 2.42. The molecule has 3 rings (SSSR count). The molecule has 4 N–H and O–H groups in total. The summed E-state index contributed by atoms with van der Waals surface area (Å²) in [5, 5.41) is 6.19. The molecule has 0 spiro atoms. The first-order valence-corrected chi connectivity index (χ1v) is 8.95. The van der Waals surface area contributed by atoms with Crippen molar-refractivity contribution in [1.82, 2.24) is 0 Å². The lowest BCUT2D eigenvalue weighted by Gasteiger charge is -2.43. The van der Waals surface area contributed by atoms with Crippen LogP contribution in [-0.2, 0) is 9.59 Å². The number of carbonyl (C=O) groups is 2. The van der Waals surface area contributed by atoms with Crippen LogP contribution in [0.2, 0.25) is 5.02 Å². The van der Waals surface area contributed by atoms with Crippen molar-refractivity contribution >= 4 is 47.2 Å². The third-order valence-electron chi connectivity index (χ3n) is 5.33. The molecule has 2 fully saturated rings. The van der Waals surface area contributed by atoms with Crippen LogP contribution in [0, 0.1) is 17.8 Å². The fourth-order valence-electron chi connectivity index (χ4n) is 4.16. The van der Waals surface area contributed by atoms with Crippen LogP contribution < -0.4 is 16.4 Å². The predicted molar refractivity (Wildman–Crippen MR) is 103 cm³/mol. The van der Waals surface area contributed by atoms with Gasteiger partial charge in [0, 0.05) is 23.9 Å². The zero-order valence-corrected chi connectivity index (χ0v) is 15.8. The second-order valence-electron chi connectivity index (χ2n) is 7.06. The number of amides is 2. The molecule has 7 heteroatoms. The lowest BCUT2D eigenvalue weighted by Crippen LogP contribution is -2.48. The van der Waals surface area contributed by atoms with E-state index in [4.69, 9.17) is 17.3 Å². The third-order valence-corrected chi connectivity index (χ3v) is 5.57. The van der Waals surface area contributed by atoms with Crippen LogP contribution in [0.4, 0.5) is 11.4 Å². The molecular formula is C18H25Cl2N3O2. The second-order valence-corrected chi connectivity index (χ2v) is 7.49. The van der Waals surface area contributed by atoms with Gasteiger partial charge >= 0.3 is 0 Å². The summed E-state index contributed by atoms with van der Waals surface area (Å²) >= 11 is 6.04. The summed E-state index contributed by atoms with van der Waals surface area (Å²) in [6.45, 7) is 1.43. The van der Waals surface area contributed by atoms with E-state index in [9.17, 15) is 9.59 Å². The summed E-state index contributed by atoms with van der Waals surface area (Å²) in [6, 6.07) is 5.29. The highest BCUT2D eigenvalue weighted by atomic mass is 35.5. The van der Waals surface area contributed by atoms with Crippen molar-refractivity contribution in [3.63, 3.8) is 0 Å². The Morgan fingerprint density at radius 2 is 1.76 bits per heavy atom. The maximum absolute atomic E-state index is 12.7. The van der Waals surface area contributed by atoms with Gasteiger partial charge < -0.3 is 16.4 Å². The molecular weight excluding hydrogens is 361 g/mol. The lowest BCUT2D eigenvalue weighted by molar-refractivity contribution is -0.122. The van der Waals surface area contributed by atoms with Crippen molar-refractivity contribution in [1.29, 1.82) is 0 Å². The van der Waals surface area contributed by atoms with Gasteiger partial charge in [-0.1, -0.05) is 18.0 Å². The van der Waals surface area contributed by atoms with Crippen molar-refractivity contribution in [2.45, 2.75) is 45.1 Å². The normalized spacial score (nSPS) is 27.8. The second kappa shape index (κ2) is 8.39. The van der Waals surface area contributed by atoms with E-state index < -0.39 is 0 Å². The predicted octanol–water partition coefficient (Wildman–Crippen LogP) is 3.81. The Labute approximate surface area is 159 Å². The van der Waals surface area contributed by atoms with Gasteiger partial charge in [0.1, 0.15) is 0 Å². The van der Waals surface area contributed by atoms with Crippen LogP contribution in [-0.4, -0.2) is 17.9 Å². The van der Waals surface area contributed by atoms with Gasteiger partial charge in [0.2, 0.25) is 11.8 Å². The van der Waals surface area contributed by atoms with Crippen LogP contribution >= 0.6 is 24.0 Å². The van der Waals surface area contributed by atoms with Gasteiger partial charge in [0.25, 0.3) is 0 Å². The molecule has 5 nitrogen and oxygen atoms in total. The number of anilines is 2. The summed E-state index contributed by atoms with van der Waals surface area (Å²) in [7, 11) is 0. The molecule has 2 aliphatic carbocycles. The molecule has 2 unspecified atom stereocenters. The summed E-state index contributed by atoms with van der Waals surface area (Å²) < 4.78 is 0. The van der Waals surface area contributed by atoms with Gasteiger partial charge in [-0.3, -0.25) is 9.59 Å². The van der Waals surface area contributed by atoms with Crippen LogP contribution in [0.25, 0.3) is 0 Å². The van der Waals surface area contributed by atoms with E-state index in [1.54, 1.807) is 18.2 Å². The zero-order valence-electron chi connectivity index (χ0n) is 14.3. The van der Waals surface area contributed by atoms with Gasteiger partial charge in [-0.25, -0.2) is 0 Å². The third kappa shape index (κ3) is 4.66. The fraction of sp³-hybridized carbons (Fsp3) is 0.556. The minimum absolute atomic E-state index is 0. The summed E-state index contributed by atoms with van der Waals surface area (Å²) in [6.07, 6.45) is 5.16. The van der Waals surface area contributed by atoms with Gasteiger partial charge in [-0.05, 0) is 55.7 Å². The van der Waals surface area contributed by atoms with E-state index in [0.717, 1.165) is 25.7 Å². The number of nitrogens with two attached hydrogens (primary N) is 1. The highest BCUT2D eigenvalue weighted by molar-refractivity contribution is 6.31. The standard InChI is InChI=1S/C18H24ClN3O2.ClH/c1-10(23)21-15-6-5-14(19)9-16(15)22-18(24)13-7-11-3-2-4-12(8-13)17(11)20;/h5-6,9,11-13,17H,2-4,7-8,20H2,1H3,(H,21,23)(H,22,24);1H. The summed E-state index contributed by atoms with van der Waals surface area (Å²) in [5.74, 6) is 0.674. The van der Waals surface area contributed by atoms with Crippen molar-refractivity contribution in [2.24, 2.45) is 23.5 Å². The molecule has 0 heterocycles. The number of hydrogen-bond acceptors (Lipinski definition) is 3. The molecule has 138 valence electrons.